The van der Waals surface area contributed by atoms with Gasteiger partial charge in [0.2, 0.25) is 0 Å². The molecule has 0 saturated heterocycles. The molecular weight excluding hydrogens is 250 g/mol. The average molecular weight is 273 g/mol. The predicted molar refractivity (Wildman–Crippen MR) is 83.0 cm³/mol. The van der Waals surface area contributed by atoms with Crippen LogP contribution in [0, 0.1) is 0 Å². The van der Waals surface area contributed by atoms with Crippen LogP contribution >= 0.6 is 0 Å². The summed E-state index contributed by atoms with van der Waals surface area (Å²) in [5, 5.41) is 4.14. The van der Waals surface area contributed by atoms with Gasteiger partial charge in [0.05, 0.1) is 16.9 Å². The van der Waals surface area contributed by atoms with Crippen LogP contribution in [0.15, 0.2) is 29.1 Å². The number of unbranched alkanes of at least 4 members (excludes halogenated alkanes) is 1. The van der Waals surface area contributed by atoms with E-state index in [9.17, 15) is 4.79 Å². The fraction of sp³-hybridized carbons (Fsp3) is 0.500. The van der Waals surface area contributed by atoms with E-state index in [1.165, 1.54) is 0 Å². The third-order valence-corrected chi connectivity index (χ3v) is 3.58. The third-order valence-electron chi connectivity index (χ3n) is 3.58. The Labute approximate surface area is 119 Å². The lowest BCUT2D eigenvalue weighted by atomic mass is 10.2. The second-order valence-corrected chi connectivity index (χ2v) is 5.07. The lowest BCUT2D eigenvalue weighted by Gasteiger charge is -2.18. The van der Waals surface area contributed by atoms with Crippen LogP contribution in [0.25, 0.3) is 10.9 Å². The highest BCUT2D eigenvalue weighted by Crippen LogP contribution is 2.13. The van der Waals surface area contributed by atoms with Crippen molar-refractivity contribution in [3.8, 4) is 0 Å². The molecule has 0 fully saturated rings. The van der Waals surface area contributed by atoms with Crippen LogP contribution in [0.3, 0.4) is 0 Å². The summed E-state index contributed by atoms with van der Waals surface area (Å²) >= 11 is 0. The average Bonchev–Trinajstić information content (AvgIpc) is 2.47. The lowest BCUT2D eigenvalue weighted by Crippen LogP contribution is -2.31. The van der Waals surface area contributed by atoms with Gasteiger partial charge in [-0.1, -0.05) is 25.5 Å². The minimum absolute atomic E-state index is 0.0530. The van der Waals surface area contributed by atoms with Gasteiger partial charge in [-0.3, -0.25) is 9.36 Å². The molecule has 4 heteroatoms. The SMILES string of the molecule is CCCCNC(C)c1nc2ccccc2c(=O)n1CC. The zero-order valence-electron chi connectivity index (χ0n) is 12.5. The van der Waals surface area contributed by atoms with Crippen LogP contribution in [0.5, 0.6) is 0 Å². The maximum absolute atomic E-state index is 12.5. The number of nitrogens with one attached hydrogen (secondary N) is 1. The van der Waals surface area contributed by atoms with Crippen LogP contribution < -0.4 is 10.9 Å². The summed E-state index contributed by atoms with van der Waals surface area (Å²) in [6.07, 6.45) is 2.29. The summed E-state index contributed by atoms with van der Waals surface area (Å²) in [5.41, 5.74) is 0.832. The van der Waals surface area contributed by atoms with Gasteiger partial charge in [-0.2, -0.15) is 0 Å². The Kier molecular flexibility index (Phi) is 4.90. The van der Waals surface area contributed by atoms with Crippen molar-refractivity contribution in [3.05, 3.63) is 40.4 Å². The van der Waals surface area contributed by atoms with Crippen LogP contribution in [-0.2, 0) is 6.54 Å². The van der Waals surface area contributed by atoms with Gasteiger partial charge in [-0.05, 0) is 38.9 Å². The number of benzene rings is 1. The molecule has 2 rings (SSSR count). The van der Waals surface area contributed by atoms with E-state index in [0.717, 1.165) is 30.7 Å². The van der Waals surface area contributed by atoms with E-state index in [0.29, 0.717) is 11.9 Å². The molecule has 0 amide bonds. The van der Waals surface area contributed by atoms with Crippen LogP contribution in [0.4, 0.5) is 0 Å². The highest BCUT2D eigenvalue weighted by molar-refractivity contribution is 5.77. The molecule has 1 aromatic carbocycles. The molecule has 0 aliphatic carbocycles. The van der Waals surface area contributed by atoms with Crippen molar-refractivity contribution in [1.29, 1.82) is 0 Å². The fourth-order valence-corrected chi connectivity index (χ4v) is 2.41. The maximum atomic E-state index is 12.5. The molecule has 0 saturated carbocycles. The van der Waals surface area contributed by atoms with Gasteiger partial charge < -0.3 is 5.32 Å². The number of para-hydroxylation sites is 1. The summed E-state index contributed by atoms with van der Waals surface area (Å²) in [6, 6.07) is 7.63. The molecule has 4 nitrogen and oxygen atoms in total. The van der Waals surface area contributed by atoms with Crippen molar-refractivity contribution in [1.82, 2.24) is 14.9 Å². The minimum Gasteiger partial charge on any atom is -0.308 e. The van der Waals surface area contributed by atoms with Crippen molar-refractivity contribution in [2.45, 2.75) is 46.2 Å². The molecule has 108 valence electrons. The first-order valence-electron chi connectivity index (χ1n) is 7.41. The Bertz CT molecular complexity index is 633. The summed E-state index contributed by atoms with van der Waals surface area (Å²) < 4.78 is 1.77. The molecule has 1 aromatic heterocycles. The Morgan fingerprint density at radius 1 is 1.30 bits per heavy atom. The molecule has 0 aliphatic heterocycles. The van der Waals surface area contributed by atoms with E-state index >= 15 is 0 Å². The van der Waals surface area contributed by atoms with Crippen molar-refractivity contribution >= 4 is 10.9 Å². The normalized spacial score (nSPS) is 12.8. The second kappa shape index (κ2) is 6.66. The molecular formula is C16H23N3O. The number of rotatable bonds is 6. The first kappa shape index (κ1) is 14.7. The summed E-state index contributed by atoms with van der Waals surface area (Å²) in [6.45, 7) is 7.82. The molecule has 1 atom stereocenters. The Hall–Kier alpha value is -1.68. The Morgan fingerprint density at radius 3 is 2.75 bits per heavy atom. The molecule has 20 heavy (non-hydrogen) atoms. The molecule has 1 N–H and O–H groups in total. The molecule has 0 radical (unpaired) electrons. The zero-order valence-corrected chi connectivity index (χ0v) is 12.5. The smallest absolute Gasteiger partial charge is 0.261 e. The van der Waals surface area contributed by atoms with E-state index in [4.69, 9.17) is 0 Å². The fourth-order valence-electron chi connectivity index (χ4n) is 2.41. The number of hydrogen-bond donors (Lipinski definition) is 1. The van der Waals surface area contributed by atoms with Gasteiger partial charge in [-0.25, -0.2) is 4.98 Å². The van der Waals surface area contributed by atoms with Crippen molar-refractivity contribution in [3.63, 3.8) is 0 Å². The predicted octanol–water partition coefficient (Wildman–Crippen LogP) is 2.87. The van der Waals surface area contributed by atoms with Gasteiger partial charge in [0.15, 0.2) is 0 Å². The third kappa shape index (κ3) is 2.90. The van der Waals surface area contributed by atoms with Gasteiger partial charge in [0, 0.05) is 6.54 Å². The lowest BCUT2D eigenvalue weighted by molar-refractivity contribution is 0.497. The minimum atomic E-state index is 0.0530. The highest BCUT2D eigenvalue weighted by atomic mass is 16.1. The molecule has 0 spiro atoms. The van der Waals surface area contributed by atoms with Crippen LogP contribution in [0.1, 0.15) is 45.5 Å². The van der Waals surface area contributed by atoms with E-state index in [-0.39, 0.29) is 11.6 Å². The molecule has 0 bridgehead atoms. The summed E-state index contributed by atoms with van der Waals surface area (Å²) in [4.78, 5) is 17.2. The number of hydrogen-bond acceptors (Lipinski definition) is 3. The Balaban J connectivity index is 2.43. The number of aromatic nitrogens is 2. The largest absolute Gasteiger partial charge is 0.308 e. The van der Waals surface area contributed by atoms with Crippen LogP contribution in [-0.4, -0.2) is 16.1 Å². The highest BCUT2D eigenvalue weighted by Gasteiger charge is 2.14. The topological polar surface area (TPSA) is 46.9 Å². The van der Waals surface area contributed by atoms with E-state index in [1.807, 2.05) is 31.2 Å². The quantitative estimate of drug-likeness (QED) is 0.823. The van der Waals surface area contributed by atoms with Gasteiger partial charge in [0.1, 0.15) is 5.82 Å². The first-order valence-corrected chi connectivity index (χ1v) is 7.41. The first-order chi connectivity index (χ1) is 9.69. The number of fused-ring (bicyclic) bond motifs is 1. The molecule has 1 unspecified atom stereocenters. The summed E-state index contributed by atoms with van der Waals surface area (Å²) in [5.74, 6) is 0.826. The molecule has 1 heterocycles. The van der Waals surface area contributed by atoms with Gasteiger partial charge in [0.25, 0.3) is 5.56 Å². The van der Waals surface area contributed by atoms with E-state index < -0.39 is 0 Å². The van der Waals surface area contributed by atoms with E-state index in [1.54, 1.807) is 4.57 Å². The van der Waals surface area contributed by atoms with Gasteiger partial charge >= 0.3 is 0 Å². The van der Waals surface area contributed by atoms with Crippen LogP contribution in [0.2, 0.25) is 0 Å². The monoisotopic (exact) mass is 273 g/mol. The molecule has 0 aliphatic rings. The number of nitrogens with zero attached hydrogens (tertiary/aromatic N) is 2. The standard InChI is InChI=1S/C16H23N3O/c1-4-6-11-17-12(3)15-18-14-10-8-7-9-13(14)16(20)19(15)5-2/h7-10,12,17H,4-6,11H2,1-3H3. The van der Waals surface area contributed by atoms with Gasteiger partial charge in [-0.15, -0.1) is 0 Å². The van der Waals surface area contributed by atoms with E-state index in [2.05, 4.69) is 24.1 Å². The Morgan fingerprint density at radius 2 is 2.05 bits per heavy atom. The van der Waals surface area contributed by atoms with Crippen molar-refractivity contribution in [2.75, 3.05) is 6.54 Å². The van der Waals surface area contributed by atoms with Crippen molar-refractivity contribution < 1.29 is 0 Å². The zero-order chi connectivity index (χ0) is 14.5. The summed E-state index contributed by atoms with van der Waals surface area (Å²) in [7, 11) is 0. The molecule has 2 aromatic rings. The van der Waals surface area contributed by atoms with Crippen molar-refractivity contribution in [2.24, 2.45) is 0 Å². The second-order valence-electron chi connectivity index (χ2n) is 5.07. The maximum Gasteiger partial charge on any atom is 0.261 e.